The molecule has 2 rings (SSSR count). The van der Waals surface area contributed by atoms with Crippen LogP contribution < -0.4 is 10.6 Å². The van der Waals surface area contributed by atoms with Gasteiger partial charge in [0, 0.05) is 17.1 Å². The minimum absolute atomic E-state index is 0.224. The van der Waals surface area contributed by atoms with Crippen molar-refractivity contribution in [2.45, 2.75) is 13.0 Å². The fraction of sp³-hybridized carbons (Fsp3) is 0.200. The van der Waals surface area contributed by atoms with Gasteiger partial charge < -0.3 is 15.7 Å². The maximum atomic E-state index is 12.0. The molecule has 0 saturated heterocycles. The van der Waals surface area contributed by atoms with Crippen molar-refractivity contribution in [1.29, 1.82) is 0 Å². The van der Waals surface area contributed by atoms with Crippen LogP contribution in [-0.4, -0.2) is 28.6 Å². The first-order valence-corrected chi connectivity index (χ1v) is 6.87. The summed E-state index contributed by atoms with van der Waals surface area (Å²) in [5, 5.41) is 15.5. The van der Waals surface area contributed by atoms with Crippen molar-refractivity contribution in [3.05, 3.63) is 53.2 Å². The van der Waals surface area contributed by atoms with Gasteiger partial charge in [-0.1, -0.05) is 11.6 Å². The van der Waals surface area contributed by atoms with E-state index in [0.717, 1.165) is 0 Å². The lowest BCUT2D eigenvalue weighted by Gasteiger charge is -2.09. The summed E-state index contributed by atoms with van der Waals surface area (Å²) in [5.41, 5.74) is 1.12. The van der Waals surface area contributed by atoms with Crippen LogP contribution in [0.1, 0.15) is 17.3 Å². The Morgan fingerprint density at radius 3 is 2.57 bits per heavy atom. The topological polar surface area (TPSA) is 74.2 Å². The number of amides is 1. The van der Waals surface area contributed by atoms with Gasteiger partial charge in [0.2, 0.25) is 0 Å². The van der Waals surface area contributed by atoms with E-state index in [9.17, 15) is 9.90 Å². The second-order valence-corrected chi connectivity index (χ2v) is 5.06. The van der Waals surface area contributed by atoms with E-state index in [2.05, 4.69) is 15.6 Å². The third-order valence-corrected chi connectivity index (χ3v) is 2.96. The Hall–Kier alpha value is -2.11. The minimum atomic E-state index is -0.448. The number of anilines is 2. The molecule has 1 atom stereocenters. The average molecular weight is 306 g/mol. The van der Waals surface area contributed by atoms with E-state index in [1.807, 2.05) is 0 Å². The van der Waals surface area contributed by atoms with E-state index < -0.39 is 6.10 Å². The van der Waals surface area contributed by atoms with Crippen LogP contribution in [0.2, 0.25) is 5.02 Å². The van der Waals surface area contributed by atoms with Crippen molar-refractivity contribution in [3.8, 4) is 0 Å². The van der Waals surface area contributed by atoms with Crippen LogP contribution in [0.4, 0.5) is 11.5 Å². The van der Waals surface area contributed by atoms with E-state index in [1.54, 1.807) is 49.5 Å². The molecule has 1 heterocycles. The van der Waals surface area contributed by atoms with Gasteiger partial charge in [-0.15, -0.1) is 0 Å². The van der Waals surface area contributed by atoms with E-state index in [1.165, 1.54) is 0 Å². The Morgan fingerprint density at radius 1 is 1.29 bits per heavy atom. The summed E-state index contributed by atoms with van der Waals surface area (Å²) in [6, 6.07) is 10.1. The van der Waals surface area contributed by atoms with Crippen molar-refractivity contribution in [1.82, 2.24) is 4.98 Å². The van der Waals surface area contributed by atoms with Crippen LogP contribution in [0.25, 0.3) is 0 Å². The molecule has 2 aromatic rings. The number of hydrogen-bond donors (Lipinski definition) is 3. The molecule has 5 nitrogen and oxygen atoms in total. The smallest absolute Gasteiger partial charge is 0.255 e. The lowest BCUT2D eigenvalue weighted by atomic mass is 10.2. The molecule has 0 aliphatic rings. The number of aliphatic hydroxyl groups is 1. The number of carbonyl (C=O) groups is 1. The molecule has 1 aromatic heterocycles. The maximum absolute atomic E-state index is 12.0. The fourth-order valence-electron chi connectivity index (χ4n) is 1.63. The monoisotopic (exact) mass is 305 g/mol. The number of rotatable bonds is 5. The normalized spacial score (nSPS) is 11.8. The number of benzene rings is 1. The lowest BCUT2D eigenvalue weighted by Crippen LogP contribution is -2.16. The molecule has 0 aliphatic heterocycles. The van der Waals surface area contributed by atoms with Gasteiger partial charge in [0.25, 0.3) is 5.91 Å². The molecular weight excluding hydrogens is 290 g/mol. The number of halogens is 1. The van der Waals surface area contributed by atoms with Crippen molar-refractivity contribution >= 4 is 29.0 Å². The first-order chi connectivity index (χ1) is 10.0. The van der Waals surface area contributed by atoms with Crippen LogP contribution in [0, 0.1) is 0 Å². The molecule has 0 bridgehead atoms. The molecular formula is C15H16ClN3O2. The van der Waals surface area contributed by atoms with E-state index in [0.29, 0.717) is 28.6 Å². The second-order valence-electron chi connectivity index (χ2n) is 4.62. The van der Waals surface area contributed by atoms with Gasteiger partial charge in [0.15, 0.2) is 0 Å². The van der Waals surface area contributed by atoms with Gasteiger partial charge in [-0.3, -0.25) is 4.79 Å². The van der Waals surface area contributed by atoms with Gasteiger partial charge in [-0.25, -0.2) is 4.98 Å². The van der Waals surface area contributed by atoms with Crippen LogP contribution >= 0.6 is 11.6 Å². The summed E-state index contributed by atoms with van der Waals surface area (Å²) >= 11 is 5.78. The molecule has 1 amide bonds. The van der Waals surface area contributed by atoms with Crippen molar-refractivity contribution in [2.75, 3.05) is 17.2 Å². The Balaban J connectivity index is 1.96. The van der Waals surface area contributed by atoms with E-state index in [4.69, 9.17) is 11.6 Å². The average Bonchev–Trinajstić information content (AvgIpc) is 2.47. The molecule has 110 valence electrons. The van der Waals surface area contributed by atoms with E-state index >= 15 is 0 Å². The largest absolute Gasteiger partial charge is 0.392 e. The van der Waals surface area contributed by atoms with E-state index in [-0.39, 0.29) is 5.91 Å². The summed E-state index contributed by atoms with van der Waals surface area (Å²) in [6.07, 6.45) is 1.11. The highest BCUT2D eigenvalue weighted by atomic mass is 35.5. The predicted molar refractivity (Wildman–Crippen MR) is 83.8 cm³/mol. The number of aliphatic hydroxyl groups excluding tert-OH is 1. The number of nitrogens with zero attached hydrogens (tertiary/aromatic N) is 1. The first kappa shape index (κ1) is 15.3. The van der Waals surface area contributed by atoms with Crippen molar-refractivity contribution < 1.29 is 9.90 Å². The quantitative estimate of drug-likeness (QED) is 0.794. The van der Waals surface area contributed by atoms with Gasteiger partial charge in [-0.2, -0.15) is 0 Å². The summed E-state index contributed by atoms with van der Waals surface area (Å²) in [4.78, 5) is 16.1. The zero-order chi connectivity index (χ0) is 15.2. The molecule has 1 unspecified atom stereocenters. The number of pyridine rings is 1. The Morgan fingerprint density at radius 2 is 2.00 bits per heavy atom. The molecule has 0 fully saturated rings. The summed E-state index contributed by atoms with van der Waals surface area (Å²) in [7, 11) is 0. The molecule has 0 spiro atoms. The molecule has 21 heavy (non-hydrogen) atoms. The number of nitrogens with one attached hydrogen (secondary N) is 2. The van der Waals surface area contributed by atoms with Crippen LogP contribution in [0.3, 0.4) is 0 Å². The predicted octanol–water partition coefficient (Wildman–Crippen LogP) is 2.78. The Bertz CT molecular complexity index is 597. The van der Waals surface area contributed by atoms with Gasteiger partial charge in [-0.05, 0) is 43.3 Å². The lowest BCUT2D eigenvalue weighted by molar-refractivity contribution is 0.102. The number of aromatic nitrogens is 1. The molecule has 0 radical (unpaired) electrons. The third kappa shape index (κ3) is 4.73. The molecule has 1 aromatic carbocycles. The minimum Gasteiger partial charge on any atom is -0.392 e. The second kappa shape index (κ2) is 7.06. The number of carbonyl (C=O) groups excluding carboxylic acids is 1. The third-order valence-electron chi connectivity index (χ3n) is 2.71. The van der Waals surface area contributed by atoms with Crippen LogP contribution in [0.15, 0.2) is 42.6 Å². The zero-order valence-electron chi connectivity index (χ0n) is 11.5. The first-order valence-electron chi connectivity index (χ1n) is 6.49. The fourth-order valence-corrected chi connectivity index (χ4v) is 1.76. The maximum Gasteiger partial charge on any atom is 0.255 e. The molecule has 6 heteroatoms. The SMILES string of the molecule is CC(O)CNc1ccc(NC(=O)c2ccc(Cl)cc2)cn1. The molecule has 0 aliphatic carbocycles. The van der Waals surface area contributed by atoms with Crippen molar-refractivity contribution in [2.24, 2.45) is 0 Å². The van der Waals surface area contributed by atoms with Gasteiger partial charge in [0.1, 0.15) is 5.82 Å². The van der Waals surface area contributed by atoms with Gasteiger partial charge >= 0.3 is 0 Å². The Kier molecular flexibility index (Phi) is 5.14. The molecule has 3 N–H and O–H groups in total. The highest BCUT2D eigenvalue weighted by Crippen LogP contribution is 2.13. The van der Waals surface area contributed by atoms with Crippen molar-refractivity contribution in [3.63, 3.8) is 0 Å². The summed E-state index contributed by atoms with van der Waals surface area (Å²) in [6.45, 7) is 2.11. The zero-order valence-corrected chi connectivity index (χ0v) is 12.3. The Labute approximate surface area is 128 Å². The highest BCUT2D eigenvalue weighted by Gasteiger charge is 2.06. The number of hydrogen-bond acceptors (Lipinski definition) is 4. The summed E-state index contributed by atoms with van der Waals surface area (Å²) < 4.78 is 0. The highest BCUT2D eigenvalue weighted by molar-refractivity contribution is 6.30. The van der Waals surface area contributed by atoms with Gasteiger partial charge in [0.05, 0.1) is 18.0 Å². The van der Waals surface area contributed by atoms with Crippen LogP contribution in [-0.2, 0) is 0 Å². The standard InChI is InChI=1S/C15H16ClN3O2/c1-10(20)8-17-14-7-6-13(9-18-14)19-15(21)11-2-4-12(16)5-3-11/h2-7,9-10,20H,8H2,1H3,(H,17,18)(H,19,21). The van der Waals surface area contributed by atoms with Crippen LogP contribution in [0.5, 0.6) is 0 Å². The summed E-state index contributed by atoms with van der Waals surface area (Å²) in [5.74, 6) is 0.415. The molecule has 0 saturated carbocycles.